The van der Waals surface area contributed by atoms with Crippen LogP contribution in [0.4, 0.5) is 10.0 Å². The molecule has 5 N–H and O–H groups in total. The minimum Gasteiger partial charge on any atom is -0.504 e. The van der Waals surface area contributed by atoms with Crippen molar-refractivity contribution < 1.29 is 52.2 Å². The van der Waals surface area contributed by atoms with E-state index in [0.717, 1.165) is 33.4 Å². The summed E-state index contributed by atoms with van der Waals surface area (Å²) >= 11 is 2.14. The van der Waals surface area contributed by atoms with Crippen molar-refractivity contribution >= 4 is 100 Å². The van der Waals surface area contributed by atoms with Crippen molar-refractivity contribution in [2.24, 2.45) is 0 Å². The van der Waals surface area contributed by atoms with E-state index in [4.69, 9.17) is 17.7 Å². The Labute approximate surface area is 349 Å². The smallest absolute Gasteiger partial charge is 0.339 e. The molecule has 0 aliphatic rings. The molecule has 6 aromatic heterocycles. The highest BCUT2D eigenvalue weighted by atomic mass is 32.1. The maximum absolute atomic E-state index is 12.7. The quantitative estimate of drug-likeness (QED) is 0.0961. The molecule has 0 fully saturated rings. The molecule has 0 radical (unpaired) electrons. The van der Waals surface area contributed by atoms with Crippen LogP contribution in [0.2, 0.25) is 0 Å². The van der Waals surface area contributed by atoms with E-state index in [-0.39, 0.29) is 49.7 Å². The third-order valence-electron chi connectivity index (χ3n) is 9.48. The predicted molar refractivity (Wildman–Crippen MR) is 228 cm³/mol. The highest BCUT2D eigenvalue weighted by molar-refractivity contribution is 7.15. The molecule has 0 unspecified atom stereocenters. The summed E-state index contributed by atoms with van der Waals surface area (Å²) in [5.41, 5.74) is 2.58. The van der Waals surface area contributed by atoms with Crippen LogP contribution in [-0.2, 0) is 0 Å². The maximum Gasteiger partial charge on any atom is 0.339 e. The van der Waals surface area contributed by atoms with E-state index in [2.05, 4.69) is 16.7 Å². The fourth-order valence-corrected chi connectivity index (χ4v) is 8.54. The van der Waals surface area contributed by atoms with Crippen molar-refractivity contribution in [3.05, 3.63) is 148 Å². The van der Waals surface area contributed by atoms with E-state index in [0.29, 0.717) is 50.0 Å². The van der Waals surface area contributed by atoms with Crippen LogP contribution in [0.25, 0.3) is 66.5 Å². The zero-order valence-corrected chi connectivity index (χ0v) is 32.6. The number of phenols is 1. The number of anilines is 2. The van der Waals surface area contributed by atoms with Gasteiger partial charge in [0.2, 0.25) is 0 Å². The van der Waals surface area contributed by atoms with E-state index in [9.17, 15) is 39.8 Å². The summed E-state index contributed by atoms with van der Waals surface area (Å²) in [5, 5.41) is 50.4. The number of amides is 2. The highest BCUT2D eigenvalue weighted by Gasteiger charge is 2.27. The number of thiophene rings is 2. The minimum absolute atomic E-state index is 0.0377. The van der Waals surface area contributed by atoms with Crippen LogP contribution >= 0.6 is 22.7 Å². The van der Waals surface area contributed by atoms with Gasteiger partial charge in [-0.15, -0.1) is 22.7 Å². The molecule has 0 atom stereocenters. The molecule has 4 aromatic carbocycles. The number of carbonyl (C=O) groups is 4. The lowest BCUT2D eigenvalue weighted by molar-refractivity contribution is 0.0688. The summed E-state index contributed by atoms with van der Waals surface area (Å²) in [4.78, 5) is 49.3. The second kappa shape index (κ2) is 15.4. The number of rotatable bonds is 8. The first-order valence-electron chi connectivity index (χ1n) is 18.0. The van der Waals surface area contributed by atoms with Gasteiger partial charge in [-0.05, 0) is 48.5 Å². The molecule has 14 nitrogen and oxygen atoms in total. The van der Waals surface area contributed by atoms with Gasteiger partial charge in [-0.25, -0.2) is 9.59 Å². The first-order valence-corrected chi connectivity index (χ1v) is 19.8. The number of nitrogens with one attached hydrogen (secondary N) is 2. The number of furan rings is 4. The summed E-state index contributed by atoms with van der Waals surface area (Å²) in [5.74, 6) is -2.82. The van der Waals surface area contributed by atoms with Crippen LogP contribution in [0.15, 0.2) is 138 Å². The van der Waals surface area contributed by atoms with Crippen molar-refractivity contribution in [3.8, 4) is 34.5 Å². The Kier molecular flexibility index (Phi) is 9.64. The number of aromatic hydroxyl groups is 1. The number of para-hydroxylation sites is 4. The standard InChI is InChI=1S/C23H12N2O5S.C22H13NO6S/c24-10-14-6-3-5-13-9-17(30-20(13)14)15-11-31-22(19(15)23(27)28)25-21(26)18-8-12-4-1-2-7-16(12)29-18;24-14-6-3-5-12-9-16(29-19(12)14)13-10-30-21(18(13)22(26)27)23-20(25)17-8-11-4-1-2-7-15(11)28-17/h1-9,11H,(H,25,26)(H,27,28);1-10,24H,(H,23,25)(H,26,27). The molecule has 0 bridgehead atoms. The van der Waals surface area contributed by atoms with Gasteiger partial charge in [-0.1, -0.05) is 60.7 Å². The van der Waals surface area contributed by atoms with Crippen molar-refractivity contribution in [2.75, 3.05) is 10.6 Å². The monoisotopic (exact) mass is 847 g/mol. The minimum atomic E-state index is -1.21. The lowest BCUT2D eigenvalue weighted by Crippen LogP contribution is -2.12. The second-order valence-electron chi connectivity index (χ2n) is 13.3. The number of hydrogen-bond donors (Lipinski definition) is 5. The van der Waals surface area contributed by atoms with Crippen molar-refractivity contribution in [1.82, 2.24) is 0 Å². The third kappa shape index (κ3) is 7.12. The van der Waals surface area contributed by atoms with Crippen molar-refractivity contribution in [2.45, 2.75) is 0 Å². The van der Waals surface area contributed by atoms with Crippen LogP contribution < -0.4 is 10.6 Å². The first kappa shape index (κ1) is 38.1. The Morgan fingerprint density at radius 2 is 1.02 bits per heavy atom. The maximum atomic E-state index is 12.7. The zero-order valence-electron chi connectivity index (χ0n) is 30.9. The van der Waals surface area contributed by atoms with Gasteiger partial charge >= 0.3 is 11.9 Å². The molecule has 2 amide bonds. The van der Waals surface area contributed by atoms with Crippen LogP contribution in [0, 0.1) is 11.3 Å². The fraction of sp³-hybridized carbons (Fsp3) is 0. The Morgan fingerprint density at radius 3 is 1.49 bits per heavy atom. The molecular weight excluding hydrogens is 823 g/mol. The van der Waals surface area contributed by atoms with E-state index in [1.807, 2.05) is 24.3 Å². The highest BCUT2D eigenvalue weighted by Crippen LogP contribution is 2.41. The fourth-order valence-electron chi connectivity index (χ4n) is 6.67. The second-order valence-corrected chi connectivity index (χ2v) is 15.0. The molecular formula is C45H25N3O11S2. The molecule has 10 rings (SSSR count). The molecule has 16 heteroatoms. The van der Waals surface area contributed by atoms with Gasteiger partial charge in [0, 0.05) is 43.4 Å². The number of carboxylic acids is 2. The van der Waals surface area contributed by atoms with E-state index < -0.39 is 23.8 Å². The number of hydrogen-bond acceptors (Lipinski definition) is 12. The number of fused-ring (bicyclic) bond motifs is 4. The van der Waals surface area contributed by atoms with Crippen LogP contribution in [-0.4, -0.2) is 39.1 Å². The largest absolute Gasteiger partial charge is 0.504 e. The van der Waals surface area contributed by atoms with E-state index in [1.54, 1.807) is 89.6 Å². The molecule has 0 aliphatic carbocycles. The summed E-state index contributed by atoms with van der Waals surface area (Å²) in [7, 11) is 0. The number of nitrogens with zero attached hydrogens (tertiary/aromatic N) is 1. The lowest BCUT2D eigenvalue weighted by atomic mass is 10.1. The van der Waals surface area contributed by atoms with Gasteiger partial charge in [0.1, 0.15) is 49.9 Å². The number of nitriles is 1. The molecule has 298 valence electrons. The predicted octanol–water partition coefficient (Wildman–Crippen LogP) is 11.3. The van der Waals surface area contributed by atoms with Crippen molar-refractivity contribution in [1.29, 1.82) is 5.26 Å². The summed E-state index contributed by atoms with van der Waals surface area (Å²) in [6.45, 7) is 0. The number of aromatic carboxylic acids is 2. The lowest BCUT2D eigenvalue weighted by Gasteiger charge is -2.03. The summed E-state index contributed by atoms with van der Waals surface area (Å²) in [6, 6.07) is 33.0. The molecule has 6 heterocycles. The van der Waals surface area contributed by atoms with Gasteiger partial charge in [-0.3, -0.25) is 9.59 Å². The van der Waals surface area contributed by atoms with Crippen molar-refractivity contribution in [3.63, 3.8) is 0 Å². The van der Waals surface area contributed by atoms with E-state index in [1.165, 1.54) is 6.07 Å². The average molecular weight is 848 g/mol. The normalized spacial score (nSPS) is 11.1. The molecule has 0 spiro atoms. The van der Waals surface area contributed by atoms with Gasteiger partial charge in [0.25, 0.3) is 11.8 Å². The number of benzene rings is 4. The molecule has 0 saturated heterocycles. The van der Waals surface area contributed by atoms with Crippen LogP contribution in [0.1, 0.15) is 47.4 Å². The zero-order chi connectivity index (χ0) is 42.4. The van der Waals surface area contributed by atoms with Gasteiger partial charge < -0.3 is 43.6 Å². The Hall–Kier alpha value is -8.39. The number of phenolic OH excluding ortho intramolecular Hbond substituents is 1. The summed E-state index contributed by atoms with van der Waals surface area (Å²) in [6.07, 6.45) is 0. The molecule has 10 aromatic rings. The van der Waals surface area contributed by atoms with Gasteiger partial charge in [0.15, 0.2) is 28.4 Å². The first-order chi connectivity index (χ1) is 29.6. The number of carbonyl (C=O) groups excluding carboxylic acids is 2. The van der Waals surface area contributed by atoms with Gasteiger partial charge in [-0.2, -0.15) is 5.26 Å². The third-order valence-corrected chi connectivity index (χ3v) is 11.3. The Bertz CT molecular complexity index is 3360. The summed E-state index contributed by atoms with van der Waals surface area (Å²) < 4.78 is 22.6. The topological polar surface area (TPSA) is 229 Å². The van der Waals surface area contributed by atoms with Crippen LogP contribution in [0.3, 0.4) is 0 Å². The SMILES string of the molecule is N#Cc1cccc2cc(-c3csc(NC(=O)c4cc5ccccc5o4)c3C(=O)O)oc12.O=C(Nc1scc(-c2cc3cccc(O)c3o2)c1C(=O)O)c1cc2ccccc2o1. The molecule has 0 saturated carbocycles. The molecule has 0 aliphatic heterocycles. The average Bonchev–Trinajstić information content (AvgIpc) is 4.10. The number of carboxylic acid groups (broad SMARTS) is 2. The van der Waals surface area contributed by atoms with Crippen LogP contribution in [0.5, 0.6) is 5.75 Å². The Morgan fingerprint density at radius 1 is 0.557 bits per heavy atom. The molecule has 61 heavy (non-hydrogen) atoms. The Balaban J connectivity index is 0.000000156. The van der Waals surface area contributed by atoms with Gasteiger partial charge in [0.05, 0.1) is 5.56 Å². The van der Waals surface area contributed by atoms with E-state index >= 15 is 0 Å².